The Hall–Kier alpha value is -1.06. The van der Waals surface area contributed by atoms with Crippen molar-refractivity contribution in [2.75, 3.05) is 6.61 Å². The Morgan fingerprint density at radius 3 is 1.95 bits per heavy atom. The van der Waals surface area contributed by atoms with Gasteiger partial charge >= 0.3 is 11.9 Å². The van der Waals surface area contributed by atoms with E-state index >= 15 is 0 Å². The van der Waals surface area contributed by atoms with Gasteiger partial charge in [0.2, 0.25) is 0 Å². The number of carbonyl (C=O) groups excluding carboxylic acids is 2. The molecule has 0 aliphatic carbocycles. The normalized spacial score (nSPS) is 11.2. The summed E-state index contributed by atoms with van der Waals surface area (Å²) in [4.78, 5) is 23.1. The number of hydrogen-bond acceptors (Lipinski definition) is 4. The summed E-state index contributed by atoms with van der Waals surface area (Å²) in [6.07, 6.45) is 3.14. The first-order valence-electron chi connectivity index (χ1n) is 7.73. The predicted octanol–water partition coefficient (Wildman–Crippen LogP) is 3.72. The highest BCUT2D eigenvalue weighted by atomic mass is 16.5. The molecule has 0 aliphatic heterocycles. The summed E-state index contributed by atoms with van der Waals surface area (Å²) in [5, 5.41) is 0. The SMILES string of the molecule is CCCCCOC(=O)CCC(=O)OC(C(C)C)C(C)C. The smallest absolute Gasteiger partial charge is 0.306 e. The van der Waals surface area contributed by atoms with Crippen molar-refractivity contribution in [3.8, 4) is 0 Å². The van der Waals surface area contributed by atoms with Crippen molar-refractivity contribution < 1.29 is 19.1 Å². The van der Waals surface area contributed by atoms with Crippen LogP contribution in [-0.4, -0.2) is 24.6 Å². The number of unbranched alkanes of at least 4 members (excludes halogenated alkanes) is 2. The third-order valence-corrected chi connectivity index (χ3v) is 3.13. The summed E-state index contributed by atoms with van der Waals surface area (Å²) >= 11 is 0. The largest absolute Gasteiger partial charge is 0.466 e. The van der Waals surface area contributed by atoms with E-state index in [1.54, 1.807) is 0 Å². The lowest BCUT2D eigenvalue weighted by molar-refractivity contribution is -0.157. The van der Waals surface area contributed by atoms with Gasteiger partial charge in [-0.05, 0) is 18.3 Å². The van der Waals surface area contributed by atoms with Crippen LogP contribution >= 0.6 is 0 Å². The van der Waals surface area contributed by atoms with E-state index in [9.17, 15) is 9.59 Å². The first-order chi connectivity index (χ1) is 9.38. The van der Waals surface area contributed by atoms with Crippen molar-refractivity contribution in [1.29, 1.82) is 0 Å². The number of rotatable bonds is 10. The molecule has 118 valence electrons. The summed E-state index contributed by atoms with van der Waals surface area (Å²) in [6, 6.07) is 0. The third-order valence-electron chi connectivity index (χ3n) is 3.13. The van der Waals surface area contributed by atoms with Crippen LogP contribution in [0.4, 0.5) is 0 Å². The van der Waals surface area contributed by atoms with E-state index in [4.69, 9.17) is 9.47 Å². The molecular formula is C16H30O4. The topological polar surface area (TPSA) is 52.6 Å². The van der Waals surface area contributed by atoms with Crippen LogP contribution in [0, 0.1) is 11.8 Å². The van der Waals surface area contributed by atoms with Crippen molar-refractivity contribution in [3.63, 3.8) is 0 Å². The minimum atomic E-state index is -0.317. The van der Waals surface area contributed by atoms with E-state index in [2.05, 4.69) is 6.92 Å². The molecule has 0 atom stereocenters. The second kappa shape index (κ2) is 10.7. The molecule has 0 saturated carbocycles. The van der Waals surface area contributed by atoms with Gasteiger partial charge in [0.15, 0.2) is 0 Å². The summed E-state index contributed by atoms with van der Waals surface area (Å²) < 4.78 is 10.5. The zero-order valence-corrected chi connectivity index (χ0v) is 13.6. The molecule has 4 heteroatoms. The van der Waals surface area contributed by atoms with Gasteiger partial charge in [-0.25, -0.2) is 0 Å². The maximum atomic E-state index is 11.7. The van der Waals surface area contributed by atoms with E-state index in [-0.39, 0.29) is 42.7 Å². The van der Waals surface area contributed by atoms with Crippen molar-refractivity contribution >= 4 is 11.9 Å². The Kier molecular flexibility index (Phi) is 10.1. The summed E-state index contributed by atoms with van der Waals surface area (Å²) in [5.41, 5.74) is 0. The maximum absolute atomic E-state index is 11.7. The maximum Gasteiger partial charge on any atom is 0.306 e. The van der Waals surface area contributed by atoms with Crippen molar-refractivity contribution in [3.05, 3.63) is 0 Å². The molecule has 0 saturated heterocycles. The molecule has 0 aromatic carbocycles. The molecule has 0 fully saturated rings. The molecule has 4 nitrogen and oxygen atoms in total. The lowest BCUT2D eigenvalue weighted by Crippen LogP contribution is -2.29. The molecule has 0 amide bonds. The van der Waals surface area contributed by atoms with Gasteiger partial charge in [-0.2, -0.15) is 0 Å². The molecule has 0 aromatic rings. The number of carbonyl (C=O) groups is 2. The Bertz CT molecular complexity index is 276. The Balaban J connectivity index is 3.89. The first-order valence-corrected chi connectivity index (χ1v) is 7.73. The Morgan fingerprint density at radius 1 is 0.900 bits per heavy atom. The van der Waals surface area contributed by atoms with Crippen LogP contribution in [0.15, 0.2) is 0 Å². The van der Waals surface area contributed by atoms with Crippen LogP contribution in [0.25, 0.3) is 0 Å². The zero-order chi connectivity index (χ0) is 15.5. The van der Waals surface area contributed by atoms with Crippen LogP contribution in [0.5, 0.6) is 0 Å². The fourth-order valence-electron chi connectivity index (χ4n) is 2.07. The highest BCUT2D eigenvalue weighted by Gasteiger charge is 2.22. The molecule has 0 unspecified atom stereocenters. The molecule has 0 aromatic heterocycles. The summed E-state index contributed by atoms with van der Waals surface area (Å²) in [6.45, 7) is 10.7. The summed E-state index contributed by atoms with van der Waals surface area (Å²) in [5.74, 6) is -0.0773. The second-order valence-corrected chi connectivity index (χ2v) is 5.87. The lowest BCUT2D eigenvalue weighted by Gasteiger charge is -2.24. The molecule has 0 rings (SSSR count). The average molecular weight is 286 g/mol. The van der Waals surface area contributed by atoms with Gasteiger partial charge < -0.3 is 9.47 Å². The highest BCUT2D eigenvalue weighted by Crippen LogP contribution is 2.17. The van der Waals surface area contributed by atoms with E-state index in [0.29, 0.717) is 6.61 Å². The van der Waals surface area contributed by atoms with Crippen molar-refractivity contribution in [2.24, 2.45) is 11.8 Å². The lowest BCUT2D eigenvalue weighted by atomic mass is 9.96. The van der Waals surface area contributed by atoms with E-state index in [1.165, 1.54) is 0 Å². The fraction of sp³-hybridized carbons (Fsp3) is 0.875. The zero-order valence-electron chi connectivity index (χ0n) is 13.6. The number of ether oxygens (including phenoxy) is 2. The quantitative estimate of drug-likeness (QED) is 0.453. The predicted molar refractivity (Wildman–Crippen MR) is 79.3 cm³/mol. The monoisotopic (exact) mass is 286 g/mol. The van der Waals surface area contributed by atoms with Crippen LogP contribution in [0.2, 0.25) is 0 Å². The van der Waals surface area contributed by atoms with Crippen molar-refractivity contribution in [1.82, 2.24) is 0 Å². The molecular weight excluding hydrogens is 256 g/mol. The first kappa shape index (κ1) is 18.9. The standard InChI is InChI=1S/C16H30O4/c1-6-7-8-11-19-14(17)9-10-15(18)20-16(12(2)3)13(4)5/h12-13,16H,6-11H2,1-5H3. The highest BCUT2D eigenvalue weighted by molar-refractivity contribution is 5.77. The molecule has 0 spiro atoms. The molecule has 0 bridgehead atoms. The number of hydrogen-bond donors (Lipinski definition) is 0. The molecule has 0 aliphatic rings. The third kappa shape index (κ3) is 8.94. The summed E-state index contributed by atoms with van der Waals surface area (Å²) in [7, 11) is 0. The van der Waals surface area contributed by atoms with Crippen LogP contribution < -0.4 is 0 Å². The van der Waals surface area contributed by atoms with E-state index in [0.717, 1.165) is 19.3 Å². The molecule has 20 heavy (non-hydrogen) atoms. The molecule has 0 N–H and O–H groups in total. The minimum absolute atomic E-state index is 0.0944. The minimum Gasteiger partial charge on any atom is -0.466 e. The van der Waals surface area contributed by atoms with Crippen molar-refractivity contribution in [2.45, 2.75) is 72.8 Å². The fourth-order valence-corrected chi connectivity index (χ4v) is 2.07. The van der Waals surface area contributed by atoms with Gasteiger partial charge in [0.05, 0.1) is 19.4 Å². The van der Waals surface area contributed by atoms with Crippen LogP contribution in [-0.2, 0) is 19.1 Å². The van der Waals surface area contributed by atoms with Gasteiger partial charge in [0, 0.05) is 0 Å². The van der Waals surface area contributed by atoms with Crippen LogP contribution in [0.1, 0.15) is 66.7 Å². The van der Waals surface area contributed by atoms with Gasteiger partial charge in [0.25, 0.3) is 0 Å². The molecule has 0 radical (unpaired) electrons. The number of esters is 2. The van der Waals surface area contributed by atoms with Gasteiger partial charge in [-0.1, -0.05) is 47.5 Å². The second-order valence-electron chi connectivity index (χ2n) is 5.87. The van der Waals surface area contributed by atoms with Gasteiger partial charge in [-0.15, -0.1) is 0 Å². The van der Waals surface area contributed by atoms with E-state index in [1.807, 2.05) is 27.7 Å². The van der Waals surface area contributed by atoms with E-state index < -0.39 is 0 Å². The van der Waals surface area contributed by atoms with Gasteiger partial charge in [0.1, 0.15) is 6.10 Å². The van der Waals surface area contributed by atoms with Crippen LogP contribution in [0.3, 0.4) is 0 Å². The Morgan fingerprint density at radius 2 is 1.45 bits per heavy atom. The Labute approximate surface area is 123 Å². The molecule has 0 heterocycles. The van der Waals surface area contributed by atoms with Gasteiger partial charge in [-0.3, -0.25) is 9.59 Å². The average Bonchev–Trinajstić information content (AvgIpc) is 2.37.